The predicted octanol–water partition coefficient (Wildman–Crippen LogP) is 6.73. The Labute approximate surface area is 208 Å². The van der Waals surface area contributed by atoms with E-state index in [-0.39, 0.29) is 0 Å². The molecule has 0 radical (unpaired) electrons. The molecule has 1 heterocycles. The van der Waals surface area contributed by atoms with Crippen LogP contribution in [-0.4, -0.2) is 19.3 Å². The summed E-state index contributed by atoms with van der Waals surface area (Å²) in [6, 6.07) is 36.3. The summed E-state index contributed by atoms with van der Waals surface area (Å²) in [6.45, 7) is 4.41. The maximum absolute atomic E-state index is 13.7. The first-order chi connectivity index (χ1) is 16.9. The van der Waals surface area contributed by atoms with E-state index in [0.717, 1.165) is 27.8 Å². The molecule has 35 heavy (non-hydrogen) atoms. The third-order valence-electron chi connectivity index (χ3n) is 6.96. The zero-order valence-electron chi connectivity index (χ0n) is 20.1. The summed E-state index contributed by atoms with van der Waals surface area (Å²) in [7, 11) is -3.69. The lowest BCUT2D eigenvalue weighted by Gasteiger charge is -2.43. The van der Waals surface area contributed by atoms with Gasteiger partial charge in [0.25, 0.3) is 10.0 Å². The van der Waals surface area contributed by atoms with E-state index < -0.39 is 15.4 Å². The molecule has 5 rings (SSSR count). The molecule has 1 aliphatic heterocycles. The second-order valence-corrected chi connectivity index (χ2v) is 11.1. The van der Waals surface area contributed by atoms with Gasteiger partial charge in [-0.15, -0.1) is 0 Å². The Kier molecular flexibility index (Phi) is 6.08. The Morgan fingerprint density at radius 1 is 0.657 bits per heavy atom. The summed E-state index contributed by atoms with van der Waals surface area (Å²) in [5.41, 5.74) is 6.04. The molecule has 4 heteroatoms. The van der Waals surface area contributed by atoms with Crippen LogP contribution in [0, 0.1) is 13.8 Å². The summed E-state index contributed by atoms with van der Waals surface area (Å²) in [5, 5.41) is 0. The lowest BCUT2D eigenvalue weighted by molar-refractivity contribution is 0.431. The van der Waals surface area contributed by atoms with E-state index in [9.17, 15) is 8.42 Å². The molecule has 0 aliphatic carbocycles. The van der Waals surface area contributed by atoms with Gasteiger partial charge in [-0.25, -0.2) is 8.42 Å². The van der Waals surface area contributed by atoms with Crippen LogP contribution in [0.15, 0.2) is 120 Å². The first-order valence-electron chi connectivity index (χ1n) is 11.9. The highest BCUT2D eigenvalue weighted by atomic mass is 32.2. The van der Waals surface area contributed by atoms with E-state index in [4.69, 9.17) is 0 Å². The highest BCUT2D eigenvalue weighted by Crippen LogP contribution is 2.49. The van der Waals surface area contributed by atoms with Crippen LogP contribution in [0.3, 0.4) is 0 Å². The van der Waals surface area contributed by atoms with Crippen molar-refractivity contribution in [2.24, 2.45) is 0 Å². The molecule has 0 atom stereocenters. The fourth-order valence-corrected chi connectivity index (χ4v) is 6.36. The second-order valence-electron chi connectivity index (χ2n) is 9.22. The second kappa shape index (κ2) is 9.20. The molecule has 0 bridgehead atoms. The van der Waals surface area contributed by atoms with Gasteiger partial charge < -0.3 is 0 Å². The first kappa shape index (κ1) is 23.1. The van der Waals surface area contributed by atoms with E-state index in [1.165, 1.54) is 9.87 Å². The van der Waals surface area contributed by atoms with Crippen molar-refractivity contribution in [2.45, 2.75) is 30.6 Å². The Balaban J connectivity index is 1.75. The molecule has 176 valence electrons. The van der Waals surface area contributed by atoms with Crippen molar-refractivity contribution in [1.29, 1.82) is 0 Å². The van der Waals surface area contributed by atoms with Crippen LogP contribution in [-0.2, 0) is 15.4 Å². The summed E-state index contributed by atoms with van der Waals surface area (Å²) in [6.07, 6.45) is 2.50. The van der Waals surface area contributed by atoms with Gasteiger partial charge in [-0.2, -0.15) is 0 Å². The Morgan fingerprint density at radius 3 is 1.66 bits per heavy atom. The van der Waals surface area contributed by atoms with E-state index in [2.05, 4.69) is 79.7 Å². The Bertz CT molecular complexity index is 1400. The maximum Gasteiger partial charge on any atom is 0.263 e. The van der Waals surface area contributed by atoms with Gasteiger partial charge in [-0.1, -0.05) is 108 Å². The zero-order valence-corrected chi connectivity index (χ0v) is 20.9. The van der Waals surface area contributed by atoms with E-state index in [1.54, 1.807) is 12.1 Å². The van der Waals surface area contributed by atoms with Crippen LogP contribution < -0.4 is 0 Å². The largest absolute Gasteiger partial charge is 0.273 e. The molecule has 0 amide bonds. The summed E-state index contributed by atoms with van der Waals surface area (Å²) < 4.78 is 28.9. The van der Waals surface area contributed by atoms with Crippen molar-refractivity contribution in [3.8, 4) is 0 Å². The van der Waals surface area contributed by atoms with Gasteiger partial charge >= 0.3 is 0 Å². The van der Waals surface area contributed by atoms with Crippen LogP contribution in [0.4, 0.5) is 0 Å². The van der Waals surface area contributed by atoms with Crippen LogP contribution in [0.2, 0.25) is 0 Å². The number of benzene rings is 4. The molecular weight excluding hydrogens is 450 g/mol. The molecule has 0 spiro atoms. The number of sulfonamides is 1. The van der Waals surface area contributed by atoms with Gasteiger partial charge in [0.15, 0.2) is 0 Å². The molecule has 3 nitrogen and oxygen atoms in total. The minimum atomic E-state index is -3.69. The van der Waals surface area contributed by atoms with Crippen LogP contribution in [0.5, 0.6) is 0 Å². The summed E-state index contributed by atoms with van der Waals surface area (Å²) >= 11 is 0. The van der Waals surface area contributed by atoms with Crippen molar-refractivity contribution in [3.63, 3.8) is 0 Å². The third kappa shape index (κ3) is 4.19. The fourth-order valence-electron chi connectivity index (χ4n) is 5.03. The standard InChI is InChI=1S/C31H29NO2S/c1-24-13-17-26(18-14-24)30-23-32(35(33,34)29-19-15-25(2)16-20-29)22-21-31(30,27-9-5-3-6-10-27)28-11-7-4-8-12-28/h3-20,23H,21-22H2,1-2H3. The van der Waals surface area contributed by atoms with Crippen LogP contribution >= 0.6 is 0 Å². The van der Waals surface area contributed by atoms with E-state index in [1.807, 2.05) is 37.4 Å². The lowest BCUT2D eigenvalue weighted by atomic mass is 9.64. The number of hydrogen-bond acceptors (Lipinski definition) is 2. The lowest BCUT2D eigenvalue weighted by Crippen LogP contribution is -2.41. The number of allylic oxidation sites excluding steroid dienone is 1. The van der Waals surface area contributed by atoms with Gasteiger partial charge in [0, 0.05) is 18.2 Å². The smallest absolute Gasteiger partial charge is 0.263 e. The molecule has 0 fully saturated rings. The molecular formula is C31H29NO2S. The van der Waals surface area contributed by atoms with Crippen LogP contribution in [0.25, 0.3) is 5.57 Å². The fraction of sp³-hybridized carbons (Fsp3) is 0.161. The predicted molar refractivity (Wildman–Crippen MR) is 143 cm³/mol. The van der Waals surface area contributed by atoms with Crippen molar-refractivity contribution < 1.29 is 8.42 Å². The van der Waals surface area contributed by atoms with Crippen molar-refractivity contribution in [2.75, 3.05) is 6.54 Å². The van der Waals surface area contributed by atoms with E-state index in [0.29, 0.717) is 17.9 Å². The quantitative estimate of drug-likeness (QED) is 0.318. The molecule has 0 N–H and O–H groups in total. The van der Waals surface area contributed by atoms with Gasteiger partial charge in [-0.05, 0) is 54.7 Å². The monoisotopic (exact) mass is 479 g/mol. The average Bonchev–Trinajstić information content (AvgIpc) is 2.90. The summed E-state index contributed by atoms with van der Waals surface area (Å²) in [5.74, 6) is 0. The SMILES string of the molecule is Cc1ccc(C2=CN(S(=O)(=O)c3ccc(C)cc3)CCC2(c2ccccc2)c2ccccc2)cc1. The molecule has 0 aromatic heterocycles. The average molecular weight is 480 g/mol. The number of aryl methyl sites for hydroxylation is 2. The molecule has 4 aromatic carbocycles. The van der Waals surface area contributed by atoms with Gasteiger partial charge in [0.05, 0.1) is 4.90 Å². The van der Waals surface area contributed by atoms with Gasteiger partial charge in [-0.3, -0.25) is 4.31 Å². The minimum Gasteiger partial charge on any atom is -0.273 e. The highest BCUT2D eigenvalue weighted by molar-refractivity contribution is 7.89. The van der Waals surface area contributed by atoms with Crippen LogP contribution in [0.1, 0.15) is 34.2 Å². The molecule has 4 aromatic rings. The number of nitrogens with zero attached hydrogens (tertiary/aromatic N) is 1. The van der Waals surface area contributed by atoms with E-state index >= 15 is 0 Å². The Morgan fingerprint density at radius 2 is 1.14 bits per heavy atom. The van der Waals surface area contributed by atoms with Crippen molar-refractivity contribution >= 4 is 15.6 Å². The molecule has 0 unspecified atom stereocenters. The zero-order chi connectivity index (χ0) is 24.5. The first-order valence-corrected chi connectivity index (χ1v) is 13.3. The molecule has 0 saturated heterocycles. The summed E-state index contributed by atoms with van der Waals surface area (Å²) in [4.78, 5) is 0.314. The minimum absolute atomic E-state index is 0.314. The molecule has 1 aliphatic rings. The topological polar surface area (TPSA) is 37.4 Å². The van der Waals surface area contributed by atoms with Gasteiger partial charge in [0.1, 0.15) is 0 Å². The number of rotatable bonds is 5. The normalized spacial score (nSPS) is 15.5. The highest BCUT2D eigenvalue weighted by Gasteiger charge is 2.43. The molecule has 0 saturated carbocycles. The third-order valence-corrected chi connectivity index (χ3v) is 8.74. The Hall–Kier alpha value is -3.63. The maximum atomic E-state index is 13.7. The number of hydrogen-bond donors (Lipinski definition) is 0. The van der Waals surface area contributed by atoms with Crippen molar-refractivity contribution in [3.05, 3.63) is 143 Å². The van der Waals surface area contributed by atoms with Gasteiger partial charge in [0.2, 0.25) is 0 Å². The van der Waals surface area contributed by atoms with Crippen molar-refractivity contribution in [1.82, 2.24) is 4.31 Å².